The molecule has 5 unspecified atom stereocenters. The molecule has 0 spiro atoms. The van der Waals surface area contributed by atoms with Gasteiger partial charge in [-0.25, -0.2) is 4.98 Å². The summed E-state index contributed by atoms with van der Waals surface area (Å²) in [4.78, 5) is 7.52. The van der Waals surface area contributed by atoms with E-state index in [1.165, 1.54) is 48.3 Å². The zero-order valence-electron chi connectivity index (χ0n) is 22.0. The van der Waals surface area contributed by atoms with Gasteiger partial charge in [0.25, 0.3) is 0 Å². The molecule has 3 heterocycles. The number of fused-ring (bicyclic) bond motifs is 4. The van der Waals surface area contributed by atoms with Crippen LogP contribution in [-0.2, 0) is 25.9 Å². The van der Waals surface area contributed by atoms with Gasteiger partial charge in [0.2, 0.25) is 0 Å². The van der Waals surface area contributed by atoms with Gasteiger partial charge in [-0.1, -0.05) is 50.8 Å². The van der Waals surface area contributed by atoms with Gasteiger partial charge in [0.05, 0.1) is 5.70 Å². The number of hydrogen-bond donors (Lipinski definition) is 2. The van der Waals surface area contributed by atoms with Gasteiger partial charge < -0.3 is 15.2 Å². The van der Waals surface area contributed by atoms with Crippen molar-refractivity contribution in [1.29, 1.82) is 0 Å². The predicted molar refractivity (Wildman–Crippen MR) is 147 cm³/mol. The van der Waals surface area contributed by atoms with Gasteiger partial charge in [-0.3, -0.25) is 4.90 Å². The molecule has 2 aromatic rings. The summed E-state index contributed by atoms with van der Waals surface area (Å²) in [5.74, 6) is 4.29. The molecule has 1 aromatic heterocycles. The van der Waals surface area contributed by atoms with Gasteiger partial charge >= 0.3 is 0 Å². The summed E-state index contributed by atoms with van der Waals surface area (Å²) in [6.45, 7) is 16.4. The molecule has 0 saturated heterocycles. The van der Waals surface area contributed by atoms with E-state index < -0.39 is 0 Å². The lowest BCUT2D eigenvalue weighted by Crippen LogP contribution is -2.38. The number of imidazole rings is 1. The first-order valence-electron chi connectivity index (χ1n) is 14.3. The van der Waals surface area contributed by atoms with Crippen LogP contribution in [-0.4, -0.2) is 40.1 Å². The number of nitrogens with one attached hydrogen (secondary N) is 2. The number of benzene rings is 1. The van der Waals surface area contributed by atoms with Crippen LogP contribution < -0.4 is 10.6 Å². The Morgan fingerprint density at radius 2 is 1.97 bits per heavy atom. The molecule has 5 heteroatoms. The zero-order valence-corrected chi connectivity index (χ0v) is 22.0. The minimum atomic E-state index is 0.460. The van der Waals surface area contributed by atoms with Crippen LogP contribution in [0.2, 0.25) is 0 Å². The highest BCUT2D eigenvalue weighted by atomic mass is 15.1. The van der Waals surface area contributed by atoms with Crippen molar-refractivity contribution in [3.05, 3.63) is 72.0 Å². The average molecular weight is 486 g/mol. The Labute approximate surface area is 217 Å². The van der Waals surface area contributed by atoms with Crippen LogP contribution in [0.25, 0.3) is 5.70 Å². The summed E-state index contributed by atoms with van der Waals surface area (Å²) in [6, 6.07) is 9.34. The van der Waals surface area contributed by atoms with Crippen LogP contribution in [0.1, 0.15) is 61.7 Å². The number of rotatable bonds is 9. The Bertz CT molecular complexity index is 1120. The first-order valence-corrected chi connectivity index (χ1v) is 14.3. The molecule has 2 aliphatic heterocycles. The molecule has 2 saturated carbocycles. The smallest absolute Gasteiger partial charge is 0.109 e. The van der Waals surface area contributed by atoms with Gasteiger partial charge in [-0.2, -0.15) is 0 Å². The first kappa shape index (κ1) is 23.8. The monoisotopic (exact) mass is 485 g/mol. The average Bonchev–Trinajstić information content (AvgIpc) is 3.63. The normalized spacial score (nSPS) is 27.8. The summed E-state index contributed by atoms with van der Waals surface area (Å²) in [5, 5.41) is 7.41. The summed E-state index contributed by atoms with van der Waals surface area (Å²) in [5.41, 5.74) is 6.25. The van der Waals surface area contributed by atoms with E-state index >= 15 is 0 Å². The van der Waals surface area contributed by atoms with Crippen molar-refractivity contribution < 1.29 is 0 Å². The molecular formula is C31H43N5. The fourth-order valence-corrected chi connectivity index (χ4v) is 7.35. The molecule has 4 aliphatic rings. The van der Waals surface area contributed by atoms with E-state index in [1.54, 1.807) is 0 Å². The van der Waals surface area contributed by atoms with Gasteiger partial charge in [-0.15, -0.1) is 0 Å². The molecule has 192 valence electrons. The number of nitrogens with zero attached hydrogens (tertiary/aromatic N) is 3. The van der Waals surface area contributed by atoms with Crippen molar-refractivity contribution in [2.75, 3.05) is 19.6 Å². The second-order valence-electron chi connectivity index (χ2n) is 12.1. The van der Waals surface area contributed by atoms with Crippen LogP contribution in [0.15, 0.2) is 49.3 Å². The Morgan fingerprint density at radius 1 is 1.11 bits per heavy atom. The standard InChI is InChI=1S/C31H43N5/c1-21(17-35-13-12-25-6-4-5-7-27(25)18-35)16-32-23(3)30-20-36-19-28(10-11-31(36)34-30)33-22(2)29-15-24-8-9-26(29)14-24/h4-7,20-21,24,26,28-29,32-33H,2-3,8-19H2,1H3. The third kappa shape index (κ3) is 5.00. The van der Waals surface area contributed by atoms with Crippen molar-refractivity contribution in [2.24, 2.45) is 23.7 Å². The minimum Gasteiger partial charge on any atom is -0.384 e. The van der Waals surface area contributed by atoms with Crippen LogP contribution in [0.5, 0.6) is 0 Å². The summed E-state index contributed by atoms with van der Waals surface area (Å²) >= 11 is 0. The second-order valence-corrected chi connectivity index (χ2v) is 12.1. The Kier molecular flexibility index (Phi) is 6.68. The van der Waals surface area contributed by atoms with E-state index in [0.717, 1.165) is 75.2 Å². The molecule has 0 radical (unpaired) electrons. The van der Waals surface area contributed by atoms with E-state index in [-0.39, 0.29) is 0 Å². The highest BCUT2D eigenvalue weighted by Crippen LogP contribution is 2.50. The number of allylic oxidation sites excluding steroid dienone is 1. The topological polar surface area (TPSA) is 45.1 Å². The molecule has 36 heavy (non-hydrogen) atoms. The molecule has 0 amide bonds. The van der Waals surface area contributed by atoms with Crippen LogP contribution in [0, 0.1) is 23.7 Å². The SMILES string of the molecule is C=C(NCC(C)CN1CCc2ccccc2C1)c1cn2c(n1)CCC(NC(=C)C1CC3CCC1C3)C2. The van der Waals surface area contributed by atoms with Gasteiger partial charge in [-0.05, 0) is 61.0 Å². The van der Waals surface area contributed by atoms with Crippen molar-refractivity contribution in [3.63, 3.8) is 0 Å². The highest BCUT2D eigenvalue weighted by molar-refractivity contribution is 5.57. The predicted octanol–water partition coefficient (Wildman–Crippen LogP) is 4.99. The first-order chi connectivity index (χ1) is 17.5. The maximum atomic E-state index is 4.93. The number of hydrogen-bond acceptors (Lipinski definition) is 4. The third-order valence-corrected chi connectivity index (χ3v) is 9.32. The third-order valence-electron chi connectivity index (χ3n) is 9.32. The van der Waals surface area contributed by atoms with Crippen LogP contribution in [0.3, 0.4) is 0 Å². The Hall–Kier alpha value is -2.53. The molecule has 6 rings (SSSR count). The Balaban J connectivity index is 0.974. The van der Waals surface area contributed by atoms with E-state index in [9.17, 15) is 0 Å². The lowest BCUT2D eigenvalue weighted by molar-refractivity contribution is 0.220. The van der Waals surface area contributed by atoms with Crippen molar-refractivity contribution in [1.82, 2.24) is 25.1 Å². The lowest BCUT2D eigenvalue weighted by atomic mass is 9.86. The number of aryl methyl sites for hydroxylation is 1. The Morgan fingerprint density at radius 3 is 2.78 bits per heavy atom. The van der Waals surface area contributed by atoms with Gasteiger partial charge in [0.1, 0.15) is 11.5 Å². The van der Waals surface area contributed by atoms with Gasteiger partial charge in [0.15, 0.2) is 0 Å². The summed E-state index contributed by atoms with van der Waals surface area (Å²) in [6.07, 6.45) is 11.2. The fourth-order valence-electron chi connectivity index (χ4n) is 7.35. The molecule has 2 bridgehead atoms. The van der Waals surface area contributed by atoms with Crippen LogP contribution >= 0.6 is 0 Å². The van der Waals surface area contributed by atoms with E-state index in [0.29, 0.717) is 17.9 Å². The molecular weight excluding hydrogens is 442 g/mol. The van der Waals surface area contributed by atoms with Crippen molar-refractivity contribution in [3.8, 4) is 0 Å². The van der Waals surface area contributed by atoms with Crippen molar-refractivity contribution in [2.45, 2.75) is 71.0 Å². The van der Waals surface area contributed by atoms with E-state index in [2.05, 4.69) is 70.6 Å². The minimum absolute atomic E-state index is 0.460. The van der Waals surface area contributed by atoms with Gasteiger partial charge in [0, 0.05) is 63.0 Å². The lowest BCUT2D eigenvalue weighted by Gasteiger charge is -2.31. The fraction of sp³-hybridized carbons (Fsp3) is 0.581. The van der Waals surface area contributed by atoms with E-state index in [4.69, 9.17) is 4.98 Å². The molecule has 5 nitrogen and oxygen atoms in total. The molecule has 2 aliphatic carbocycles. The number of aromatic nitrogens is 2. The largest absolute Gasteiger partial charge is 0.384 e. The second kappa shape index (κ2) is 10.1. The highest BCUT2D eigenvalue weighted by Gasteiger charge is 2.41. The van der Waals surface area contributed by atoms with Crippen molar-refractivity contribution >= 4 is 5.70 Å². The quantitative estimate of drug-likeness (QED) is 0.525. The van der Waals surface area contributed by atoms with E-state index in [1.807, 2.05) is 0 Å². The molecule has 5 atom stereocenters. The van der Waals surface area contributed by atoms with Crippen LogP contribution in [0.4, 0.5) is 0 Å². The zero-order chi connectivity index (χ0) is 24.6. The maximum absolute atomic E-state index is 4.93. The maximum Gasteiger partial charge on any atom is 0.109 e. The molecule has 2 N–H and O–H groups in total. The summed E-state index contributed by atoms with van der Waals surface area (Å²) in [7, 11) is 0. The summed E-state index contributed by atoms with van der Waals surface area (Å²) < 4.78 is 2.34. The molecule has 2 fully saturated rings. The molecule has 1 aromatic carbocycles.